The second-order valence-electron chi connectivity index (χ2n) is 5.45. The molecule has 0 unspecified atom stereocenters. The summed E-state index contributed by atoms with van der Waals surface area (Å²) in [6.07, 6.45) is 1.69. The predicted octanol–water partition coefficient (Wildman–Crippen LogP) is 1.99. The number of carboxylic acids is 1. The van der Waals surface area contributed by atoms with Crippen LogP contribution in [-0.4, -0.2) is 30.1 Å². The first-order valence-electron chi connectivity index (χ1n) is 7.27. The topological polar surface area (TPSA) is 75.6 Å². The zero-order chi connectivity index (χ0) is 15.2. The van der Waals surface area contributed by atoms with Gasteiger partial charge in [0, 0.05) is 5.92 Å². The van der Waals surface area contributed by atoms with Crippen molar-refractivity contribution in [1.82, 2.24) is 5.32 Å². The van der Waals surface area contributed by atoms with E-state index in [1.54, 1.807) is 0 Å². The fourth-order valence-electron chi connectivity index (χ4n) is 2.64. The monoisotopic (exact) mass is 291 g/mol. The summed E-state index contributed by atoms with van der Waals surface area (Å²) in [5.74, 6) is -0.590. The minimum Gasteiger partial charge on any atom is -0.491 e. The summed E-state index contributed by atoms with van der Waals surface area (Å²) in [6, 6.07) is 7.72. The third-order valence-corrected chi connectivity index (χ3v) is 3.91. The molecule has 21 heavy (non-hydrogen) atoms. The molecule has 1 aromatic carbocycles. The first-order chi connectivity index (χ1) is 10.1. The maximum Gasteiger partial charge on any atom is 0.306 e. The molecule has 1 aliphatic carbocycles. The molecule has 114 valence electrons. The minimum absolute atomic E-state index is 0.0628. The first-order valence-corrected chi connectivity index (χ1v) is 7.27. The molecule has 5 nitrogen and oxygen atoms in total. The molecular weight excluding hydrogens is 270 g/mol. The molecule has 0 spiro atoms. The highest BCUT2D eigenvalue weighted by atomic mass is 16.5. The molecular formula is C16H21NO4. The van der Waals surface area contributed by atoms with Crippen molar-refractivity contribution in [1.29, 1.82) is 0 Å². The van der Waals surface area contributed by atoms with Gasteiger partial charge in [-0.15, -0.1) is 0 Å². The molecule has 2 atom stereocenters. The number of ether oxygens (including phenoxy) is 1. The SMILES string of the molecule is Cc1ccccc1OCCNC(=O)[C@@H]1CC[C@H](C(=O)O)C1. The molecule has 0 radical (unpaired) electrons. The van der Waals surface area contributed by atoms with Gasteiger partial charge in [0.25, 0.3) is 0 Å². The standard InChI is InChI=1S/C16H21NO4/c1-11-4-2-3-5-14(11)21-9-8-17-15(18)12-6-7-13(10-12)16(19)20/h2-5,12-13H,6-10H2,1H3,(H,17,18)(H,19,20)/t12-,13+/m1/s1. The zero-order valence-corrected chi connectivity index (χ0v) is 12.2. The number of aliphatic carboxylic acids is 1. The summed E-state index contributed by atoms with van der Waals surface area (Å²) in [5, 5.41) is 11.7. The lowest BCUT2D eigenvalue weighted by atomic mass is 10.0. The Morgan fingerprint density at radius 2 is 2.00 bits per heavy atom. The van der Waals surface area contributed by atoms with Crippen molar-refractivity contribution in [2.75, 3.05) is 13.2 Å². The first kappa shape index (κ1) is 15.4. The van der Waals surface area contributed by atoms with Crippen LogP contribution in [0, 0.1) is 18.8 Å². The molecule has 1 saturated carbocycles. The van der Waals surface area contributed by atoms with Crippen LogP contribution >= 0.6 is 0 Å². The van der Waals surface area contributed by atoms with E-state index in [0.29, 0.717) is 32.4 Å². The average molecular weight is 291 g/mol. The minimum atomic E-state index is -0.798. The fraction of sp³-hybridized carbons (Fsp3) is 0.500. The Balaban J connectivity index is 1.68. The second-order valence-corrected chi connectivity index (χ2v) is 5.45. The fourth-order valence-corrected chi connectivity index (χ4v) is 2.64. The highest BCUT2D eigenvalue weighted by Gasteiger charge is 2.33. The van der Waals surface area contributed by atoms with Crippen LogP contribution < -0.4 is 10.1 Å². The van der Waals surface area contributed by atoms with Crippen molar-refractivity contribution >= 4 is 11.9 Å². The predicted molar refractivity (Wildman–Crippen MR) is 78.2 cm³/mol. The smallest absolute Gasteiger partial charge is 0.306 e. The van der Waals surface area contributed by atoms with Crippen LogP contribution in [0.3, 0.4) is 0 Å². The lowest BCUT2D eigenvalue weighted by Gasteiger charge is -2.12. The number of benzene rings is 1. The summed E-state index contributed by atoms with van der Waals surface area (Å²) < 4.78 is 5.60. The molecule has 0 heterocycles. The molecule has 2 N–H and O–H groups in total. The number of nitrogens with one attached hydrogen (secondary N) is 1. The van der Waals surface area contributed by atoms with E-state index in [4.69, 9.17) is 9.84 Å². The Bertz CT molecular complexity index is 515. The van der Waals surface area contributed by atoms with Gasteiger partial charge in [-0.3, -0.25) is 9.59 Å². The van der Waals surface area contributed by atoms with Gasteiger partial charge in [-0.25, -0.2) is 0 Å². The zero-order valence-electron chi connectivity index (χ0n) is 12.2. The van der Waals surface area contributed by atoms with Crippen LogP contribution in [0.1, 0.15) is 24.8 Å². The highest BCUT2D eigenvalue weighted by Crippen LogP contribution is 2.31. The van der Waals surface area contributed by atoms with Crippen LogP contribution in [0.25, 0.3) is 0 Å². The molecule has 1 fully saturated rings. The van der Waals surface area contributed by atoms with Crippen molar-refractivity contribution in [3.05, 3.63) is 29.8 Å². The Hall–Kier alpha value is -2.04. The van der Waals surface area contributed by atoms with E-state index >= 15 is 0 Å². The number of hydrogen-bond acceptors (Lipinski definition) is 3. The van der Waals surface area contributed by atoms with Gasteiger partial charge in [-0.05, 0) is 37.8 Å². The third kappa shape index (κ3) is 4.21. The molecule has 0 aromatic heterocycles. The van der Waals surface area contributed by atoms with E-state index < -0.39 is 5.97 Å². The Morgan fingerprint density at radius 1 is 1.29 bits per heavy atom. The van der Waals surface area contributed by atoms with E-state index in [1.165, 1.54) is 0 Å². The maximum absolute atomic E-state index is 11.9. The largest absolute Gasteiger partial charge is 0.491 e. The molecule has 1 aliphatic rings. The second kappa shape index (κ2) is 7.11. The number of carbonyl (C=O) groups excluding carboxylic acids is 1. The van der Waals surface area contributed by atoms with Gasteiger partial charge in [-0.1, -0.05) is 18.2 Å². The van der Waals surface area contributed by atoms with Crippen molar-refractivity contribution in [2.24, 2.45) is 11.8 Å². The highest BCUT2D eigenvalue weighted by molar-refractivity contribution is 5.80. The van der Waals surface area contributed by atoms with Gasteiger partial charge in [0.05, 0.1) is 12.5 Å². The summed E-state index contributed by atoms with van der Waals surface area (Å²) >= 11 is 0. The van der Waals surface area contributed by atoms with Gasteiger partial charge < -0.3 is 15.2 Å². The van der Waals surface area contributed by atoms with Crippen molar-refractivity contribution in [3.8, 4) is 5.75 Å². The van der Waals surface area contributed by atoms with Gasteiger partial charge in [-0.2, -0.15) is 0 Å². The maximum atomic E-state index is 11.9. The summed E-state index contributed by atoms with van der Waals surface area (Å²) in [5.41, 5.74) is 1.06. The average Bonchev–Trinajstić information content (AvgIpc) is 2.95. The third-order valence-electron chi connectivity index (χ3n) is 3.91. The number of carboxylic acid groups (broad SMARTS) is 1. The van der Waals surface area contributed by atoms with Crippen LogP contribution in [0.5, 0.6) is 5.75 Å². The molecule has 1 aromatic rings. The van der Waals surface area contributed by atoms with E-state index in [9.17, 15) is 9.59 Å². The van der Waals surface area contributed by atoms with Crippen molar-refractivity contribution < 1.29 is 19.4 Å². The van der Waals surface area contributed by atoms with Crippen LogP contribution in [-0.2, 0) is 9.59 Å². The number of rotatable bonds is 6. The van der Waals surface area contributed by atoms with Crippen LogP contribution in [0.2, 0.25) is 0 Å². The van der Waals surface area contributed by atoms with E-state index in [1.807, 2.05) is 31.2 Å². The van der Waals surface area contributed by atoms with Gasteiger partial charge in [0.15, 0.2) is 0 Å². The molecule has 0 aliphatic heterocycles. The van der Waals surface area contributed by atoms with Crippen LogP contribution in [0.4, 0.5) is 0 Å². The molecule has 0 saturated heterocycles. The van der Waals surface area contributed by atoms with E-state index in [0.717, 1.165) is 11.3 Å². The number of aryl methyl sites for hydroxylation is 1. The number of para-hydroxylation sites is 1. The number of carbonyl (C=O) groups is 2. The lowest BCUT2D eigenvalue weighted by molar-refractivity contribution is -0.141. The number of amides is 1. The quantitative estimate of drug-likeness (QED) is 0.786. The van der Waals surface area contributed by atoms with E-state index in [-0.39, 0.29) is 17.7 Å². The summed E-state index contributed by atoms with van der Waals surface area (Å²) in [4.78, 5) is 22.8. The summed E-state index contributed by atoms with van der Waals surface area (Å²) in [6.45, 7) is 2.81. The number of hydrogen-bond donors (Lipinski definition) is 2. The van der Waals surface area contributed by atoms with Gasteiger partial charge >= 0.3 is 5.97 Å². The lowest BCUT2D eigenvalue weighted by Crippen LogP contribution is -2.33. The molecule has 2 rings (SSSR count). The normalized spacial score (nSPS) is 21.0. The molecule has 0 bridgehead atoms. The van der Waals surface area contributed by atoms with Crippen molar-refractivity contribution in [2.45, 2.75) is 26.2 Å². The van der Waals surface area contributed by atoms with Gasteiger partial charge in [0.2, 0.25) is 5.91 Å². The molecule has 5 heteroatoms. The summed E-state index contributed by atoms with van der Waals surface area (Å²) in [7, 11) is 0. The van der Waals surface area contributed by atoms with Gasteiger partial charge in [0.1, 0.15) is 12.4 Å². The van der Waals surface area contributed by atoms with Crippen molar-refractivity contribution in [3.63, 3.8) is 0 Å². The van der Waals surface area contributed by atoms with Crippen LogP contribution in [0.15, 0.2) is 24.3 Å². The Labute approximate surface area is 124 Å². The van der Waals surface area contributed by atoms with E-state index in [2.05, 4.69) is 5.32 Å². The molecule has 1 amide bonds. The Kier molecular flexibility index (Phi) is 5.20. The Morgan fingerprint density at radius 3 is 2.67 bits per heavy atom.